The second kappa shape index (κ2) is 9.23. The molecular weight excluding hydrogens is 280 g/mol. The van der Waals surface area contributed by atoms with Gasteiger partial charge in [-0.2, -0.15) is 0 Å². The van der Waals surface area contributed by atoms with Crippen molar-refractivity contribution in [3.8, 4) is 0 Å². The molecule has 0 aliphatic rings. The van der Waals surface area contributed by atoms with Crippen molar-refractivity contribution >= 4 is 30.1 Å². The van der Waals surface area contributed by atoms with Gasteiger partial charge in [0, 0.05) is 11.4 Å². The van der Waals surface area contributed by atoms with Crippen molar-refractivity contribution in [2.45, 2.75) is 25.7 Å². The summed E-state index contributed by atoms with van der Waals surface area (Å²) in [7, 11) is 0. The molecule has 108 valence electrons. The fourth-order valence-corrected chi connectivity index (χ4v) is 2.38. The van der Waals surface area contributed by atoms with Gasteiger partial charge in [0.05, 0.1) is 5.75 Å². The highest BCUT2D eigenvalue weighted by atomic mass is 35.5. The first-order chi connectivity index (χ1) is 8.52. The van der Waals surface area contributed by atoms with Crippen LogP contribution < -0.4 is 11.1 Å². The van der Waals surface area contributed by atoms with Crippen molar-refractivity contribution in [2.75, 3.05) is 18.8 Å². The van der Waals surface area contributed by atoms with Gasteiger partial charge in [-0.1, -0.05) is 24.6 Å². The van der Waals surface area contributed by atoms with Crippen LogP contribution in [0.15, 0.2) is 23.1 Å². The predicted molar refractivity (Wildman–Crippen MR) is 85.1 cm³/mol. The van der Waals surface area contributed by atoms with E-state index < -0.39 is 0 Å². The number of halogens is 1. The lowest BCUT2D eigenvalue weighted by atomic mass is 10.2. The summed E-state index contributed by atoms with van der Waals surface area (Å²) in [5.41, 5.74) is 7.94. The maximum Gasteiger partial charge on any atom is 0.230 e. The number of hydrogen-bond acceptors (Lipinski definition) is 3. The Bertz CT molecular complexity index is 412. The van der Waals surface area contributed by atoms with Crippen molar-refractivity contribution in [2.24, 2.45) is 11.7 Å². The van der Waals surface area contributed by atoms with Crippen LogP contribution in [0.25, 0.3) is 0 Å². The molecule has 1 atom stereocenters. The SMILES string of the molecule is Cc1ccc(C)c(SCC(=O)NCC(C)CN)c1.Cl. The minimum atomic E-state index is 0. The zero-order valence-electron chi connectivity index (χ0n) is 11.7. The summed E-state index contributed by atoms with van der Waals surface area (Å²) in [5, 5.41) is 2.90. The zero-order valence-corrected chi connectivity index (χ0v) is 13.4. The molecule has 5 heteroatoms. The lowest BCUT2D eigenvalue weighted by Crippen LogP contribution is -2.32. The van der Waals surface area contributed by atoms with Crippen molar-refractivity contribution in [1.82, 2.24) is 5.32 Å². The van der Waals surface area contributed by atoms with Gasteiger partial charge in [0.1, 0.15) is 0 Å². The van der Waals surface area contributed by atoms with Crippen LogP contribution in [-0.2, 0) is 4.79 Å². The maximum atomic E-state index is 11.7. The fourth-order valence-electron chi connectivity index (χ4n) is 1.43. The first-order valence-electron chi connectivity index (χ1n) is 6.19. The Morgan fingerprint density at radius 1 is 1.42 bits per heavy atom. The molecule has 1 rings (SSSR count). The molecule has 1 unspecified atom stereocenters. The normalized spacial score (nSPS) is 11.6. The molecule has 0 aromatic heterocycles. The molecule has 0 fully saturated rings. The van der Waals surface area contributed by atoms with E-state index in [2.05, 4.69) is 37.4 Å². The molecule has 19 heavy (non-hydrogen) atoms. The number of nitrogens with one attached hydrogen (secondary N) is 1. The monoisotopic (exact) mass is 302 g/mol. The molecule has 3 nitrogen and oxygen atoms in total. The quantitative estimate of drug-likeness (QED) is 0.794. The average Bonchev–Trinajstić information content (AvgIpc) is 2.36. The summed E-state index contributed by atoms with van der Waals surface area (Å²) in [4.78, 5) is 12.8. The number of hydrogen-bond donors (Lipinski definition) is 2. The Kier molecular flexibility index (Phi) is 8.89. The summed E-state index contributed by atoms with van der Waals surface area (Å²) >= 11 is 1.59. The summed E-state index contributed by atoms with van der Waals surface area (Å²) in [5.74, 6) is 0.863. The summed E-state index contributed by atoms with van der Waals surface area (Å²) in [6.07, 6.45) is 0. The number of rotatable bonds is 6. The highest BCUT2D eigenvalue weighted by Gasteiger charge is 2.06. The van der Waals surface area contributed by atoms with E-state index >= 15 is 0 Å². The van der Waals surface area contributed by atoms with E-state index in [1.54, 1.807) is 11.8 Å². The van der Waals surface area contributed by atoms with E-state index in [9.17, 15) is 4.79 Å². The number of amides is 1. The van der Waals surface area contributed by atoms with Crippen molar-refractivity contribution in [3.05, 3.63) is 29.3 Å². The highest BCUT2D eigenvalue weighted by molar-refractivity contribution is 8.00. The molecule has 1 aromatic rings. The van der Waals surface area contributed by atoms with Gasteiger partial charge in [-0.05, 0) is 37.9 Å². The van der Waals surface area contributed by atoms with E-state index in [-0.39, 0.29) is 18.3 Å². The third-order valence-corrected chi connectivity index (χ3v) is 3.91. The molecule has 1 aromatic carbocycles. The second-order valence-corrected chi connectivity index (χ2v) is 5.72. The minimum Gasteiger partial charge on any atom is -0.355 e. The molecule has 0 saturated carbocycles. The summed E-state index contributed by atoms with van der Waals surface area (Å²) in [6.45, 7) is 7.41. The first-order valence-corrected chi connectivity index (χ1v) is 7.18. The largest absolute Gasteiger partial charge is 0.355 e. The highest BCUT2D eigenvalue weighted by Crippen LogP contribution is 2.23. The third-order valence-electron chi connectivity index (χ3n) is 2.75. The Morgan fingerprint density at radius 2 is 2.11 bits per heavy atom. The van der Waals surface area contributed by atoms with Gasteiger partial charge < -0.3 is 11.1 Å². The van der Waals surface area contributed by atoms with E-state index in [0.29, 0.717) is 24.8 Å². The van der Waals surface area contributed by atoms with Gasteiger partial charge in [0.15, 0.2) is 0 Å². The summed E-state index contributed by atoms with van der Waals surface area (Å²) < 4.78 is 0. The number of nitrogens with two attached hydrogens (primary N) is 1. The Hall–Kier alpha value is -0.710. The lowest BCUT2D eigenvalue weighted by molar-refractivity contribution is -0.118. The number of aryl methyl sites for hydroxylation is 2. The van der Waals surface area contributed by atoms with Crippen molar-refractivity contribution < 1.29 is 4.79 Å². The third kappa shape index (κ3) is 6.85. The zero-order chi connectivity index (χ0) is 13.5. The molecule has 1 amide bonds. The number of carbonyl (C=O) groups excluding carboxylic acids is 1. The van der Waals surface area contributed by atoms with Crippen LogP contribution in [0.5, 0.6) is 0 Å². The van der Waals surface area contributed by atoms with Crippen LogP contribution in [0.2, 0.25) is 0 Å². The van der Waals surface area contributed by atoms with Crippen LogP contribution >= 0.6 is 24.2 Å². The topological polar surface area (TPSA) is 55.1 Å². The van der Waals surface area contributed by atoms with E-state index in [0.717, 1.165) is 0 Å². The predicted octanol–water partition coefficient (Wildman–Crippen LogP) is 2.53. The van der Waals surface area contributed by atoms with Gasteiger partial charge in [-0.25, -0.2) is 0 Å². The molecule has 0 radical (unpaired) electrons. The van der Waals surface area contributed by atoms with Crippen molar-refractivity contribution in [1.29, 1.82) is 0 Å². The Morgan fingerprint density at radius 3 is 2.74 bits per heavy atom. The number of thioether (sulfide) groups is 1. The molecule has 0 saturated heterocycles. The second-order valence-electron chi connectivity index (χ2n) is 4.70. The standard InChI is InChI=1S/C14H22N2OS.ClH/c1-10-4-5-12(3)13(6-10)18-9-14(17)16-8-11(2)7-15;/h4-6,11H,7-9,15H2,1-3H3,(H,16,17);1H. The van der Waals surface area contributed by atoms with E-state index in [1.807, 2.05) is 6.92 Å². The van der Waals surface area contributed by atoms with Crippen LogP contribution in [0, 0.1) is 19.8 Å². The van der Waals surface area contributed by atoms with E-state index in [1.165, 1.54) is 16.0 Å². The first kappa shape index (κ1) is 18.3. The molecular formula is C14H23ClN2OS. The lowest BCUT2D eigenvalue weighted by Gasteiger charge is -2.10. The summed E-state index contributed by atoms with van der Waals surface area (Å²) in [6, 6.07) is 6.30. The number of benzene rings is 1. The van der Waals surface area contributed by atoms with Gasteiger partial charge in [-0.3, -0.25) is 4.79 Å². The van der Waals surface area contributed by atoms with Gasteiger partial charge in [0.2, 0.25) is 5.91 Å². The van der Waals surface area contributed by atoms with Crippen molar-refractivity contribution in [3.63, 3.8) is 0 Å². The average molecular weight is 303 g/mol. The molecule has 0 aliphatic carbocycles. The van der Waals surface area contributed by atoms with Crippen LogP contribution in [-0.4, -0.2) is 24.7 Å². The number of carbonyl (C=O) groups is 1. The van der Waals surface area contributed by atoms with Crippen LogP contribution in [0.4, 0.5) is 0 Å². The maximum absolute atomic E-state index is 11.7. The molecule has 3 N–H and O–H groups in total. The van der Waals surface area contributed by atoms with Crippen LogP contribution in [0.1, 0.15) is 18.1 Å². The Labute approximate surface area is 126 Å². The molecule has 0 spiro atoms. The molecule has 0 aliphatic heterocycles. The van der Waals surface area contributed by atoms with E-state index in [4.69, 9.17) is 5.73 Å². The van der Waals surface area contributed by atoms with Crippen LogP contribution in [0.3, 0.4) is 0 Å². The molecule has 0 heterocycles. The smallest absolute Gasteiger partial charge is 0.230 e. The van der Waals surface area contributed by atoms with Gasteiger partial charge in [-0.15, -0.1) is 24.2 Å². The Balaban J connectivity index is 0.00000324. The van der Waals surface area contributed by atoms with Gasteiger partial charge >= 0.3 is 0 Å². The fraction of sp³-hybridized carbons (Fsp3) is 0.500. The molecule has 0 bridgehead atoms. The van der Waals surface area contributed by atoms with Gasteiger partial charge in [0.25, 0.3) is 0 Å². The minimum absolute atomic E-state index is 0.